The molecule has 76 valence electrons. The number of hydrogen-bond donors (Lipinski definition) is 2. The average molecular weight is 192 g/mol. The third-order valence-electron chi connectivity index (χ3n) is 1.98. The molecule has 0 atom stereocenters. The van der Waals surface area contributed by atoms with Crippen LogP contribution in [0.1, 0.15) is 13.8 Å². The van der Waals surface area contributed by atoms with Crippen molar-refractivity contribution in [3.63, 3.8) is 0 Å². The van der Waals surface area contributed by atoms with Crippen molar-refractivity contribution in [1.29, 1.82) is 0 Å². The molecule has 3 nitrogen and oxygen atoms in total. The normalized spacial score (nSPS) is 10.0. The van der Waals surface area contributed by atoms with Gasteiger partial charge >= 0.3 is 0 Å². The molecule has 0 aliphatic carbocycles. The highest BCUT2D eigenvalue weighted by molar-refractivity contribution is 5.95. The van der Waals surface area contributed by atoms with Gasteiger partial charge in [0.1, 0.15) is 0 Å². The maximum atomic E-state index is 11.4. The molecular formula is C11H16N2O. The van der Waals surface area contributed by atoms with Crippen LogP contribution < -0.4 is 10.6 Å². The predicted molar refractivity (Wildman–Crippen MR) is 59.5 cm³/mol. The predicted octanol–water partition coefficient (Wildman–Crippen LogP) is 2.32. The summed E-state index contributed by atoms with van der Waals surface area (Å²) >= 11 is 0. The molecule has 0 bridgehead atoms. The Morgan fingerprint density at radius 3 is 2.29 bits per heavy atom. The SMILES string of the molecule is CNc1ccccc1NC(=O)C(C)C. The van der Waals surface area contributed by atoms with E-state index in [4.69, 9.17) is 0 Å². The third-order valence-corrected chi connectivity index (χ3v) is 1.98. The summed E-state index contributed by atoms with van der Waals surface area (Å²) in [4.78, 5) is 11.4. The van der Waals surface area contributed by atoms with E-state index in [1.54, 1.807) is 0 Å². The van der Waals surface area contributed by atoms with Crippen LogP contribution in [0.3, 0.4) is 0 Å². The number of benzene rings is 1. The Hall–Kier alpha value is -1.51. The molecular weight excluding hydrogens is 176 g/mol. The van der Waals surface area contributed by atoms with Crippen molar-refractivity contribution in [2.24, 2.45) is 5.92 Å². The van der Waals surface area contributed by atoms with Crippen LogP contribution in [0.15, 0.2) is 24.3 Å². The molecule has 1 aromatic carbocycles. The second kappa shape index (κ2) is 4.65. The monoisotopic (exact) mass is 192 g/mol. The minimum absolute atomic E-state index is 0.0000813. The zero-order valence-electron chi connectivity index (χ0n) is 8.79. The summed E-state index contributed by atoms with van der Waals surface area (Å²) in [5, 5.41) is 5.88. The first-order chi connectivity index (χ1) is 6.65. The minimum atomic E-state index is -0.0000813. The van der Waals surface area contributed by atoms with E-state index >= 15 is 0 Å². The first-order valence-corrected chi connectivity index (χ1v) is 4.72. The van der Waals surface area contributed by atoms with Gasteiger partial charge in [0, 0.05) is 13.0 Å². The molecule has 3 heteroatoms. The molecule has 0 radical (unpaired) electrons. The van der Waals surface area contributed by atoms with Crippen LogP contribution in [0.25, 0.3) is 0 Å². The summed E-state index contributed by atoms with van der Waals surface area (Å²) in [7, 11) is 1.83. The second-order valence-electron chi connectivity index (χ2n) is 3.44. The van der Waals surface area contributed by atoms with Crippen molar-refractivity contribution in [3.8, 4) is 0 Å². The lowest BCUT2D eigenvalue weighted by atomic mass is 10.2. The fourth-order valence-electron chi connectivity index (χ4n) is 1.09. The highest BCUT2D eigenvalue weighted by atomic mass is 16.1. The van der Waals surface area contributed by atoms with Crippen LogP contribution in [0.2, 0.25) is 0 Å². The van der Waals surface area contributed by atoms with Crippen LogP contribution in [0.4, 0.5) is 11.4 Å². The van der Waals surface area contributed by atoms with Crippen LogP contribution in [0.5, 0.6) is 0 Å². The molecule has 0 aromatic heterocycles. The van der Waals surface area contributed by atoms with Crippen LogP contribution in [-0.4, -0.2) is 13.0 Å². The van der Waals surface area contributed by atoms with E-state index in [9.17, 15) is 4.79 Å². The first kappa shape index (κ1) is 10.6. The van der Waals surface area contributed by atoms with Gasteiger partial charge in [0.05, 0.1) is 11.4 Å². The van der Waals surface area contributed by atoms with Gasteiger partial charge in [-0.15, -0.1) is 0 Å². The summed E-state index contributed by atoms with van der Waals surface area (Å²) in [6, 6.07) is 7.63. The molecule has 14 heavy (non-hydrogen) atoms. The smallest absolute Gasteiger partial charge is 0.226 e. The molecule has 0 fully saturated rings. The second-order valence-corrected chi connectivity index (χ2v) is 3.44. The van der Waals surface area contributed by atoms with Crippen LogP contribution in [0, 0.1) is 5.92 Å². The average Bonchev–Trinajstić information content (AvgIpc) is 2.18. The molecule has 0 saturated carbocycles. The van der Waals surface area contributed by atoms with Gasteiger partial charge in [-0.05, 0) is 12.1 Å². The Morgan fingerprint density at radius 2 is 1.79 bits per heavy atom. The molecule has 1 amide bonds. The van der Waals surface area contributed by atoms with E-state index in [0.29, 0.717) is 0 Å². The number of para-hydroxylation sites is 2. The van der Waals surface area contributed by atoms with Crippen molar-refractivity contribution in [2.75, 3.05) is 17.7 Å². The number of hydrogen-bond acceptors (Lipinski definition) is 2. The van der Waals surface area contributed by atoms with Gasteiger partial charge in [-0.3, -0.25) is 4.79 Å². The maximum Gasteiger partial charge on any atom is 0.226 e. The summed E-state index contributed by atoms with van der Waals surface area (Å²) < 4.78 is 0. The van der Waals surface area contributed by atoms with Gasteiger partial charge in [0.15, 0.2) is 0 Å². The van der Waals surface area contributed by atoms with Gasteiger partial charge < -0.3 is 10.6 Å². The molecule has 0 saturated heterocycles. The zero-order chi connectivity index (χ0) is 10.6. The van der Waals surface area contributed by atoms with E-state index < -0.39 is 0 Å². The Bertz CT molecular complexity index is 321. The highest BCUT2D eigenvalue weighted by Crippen LogP contribution is 2.20. The number of nitrogens with one attached hydrogen (secondary N) is 2. The molecule has 0 spiro atoms. The number of amides is 1. The van der Waals surface area contributed by atoms with Crippen molar-refractivity contribution in [3.05, 3.63) is 24.3 Å². The lowest BCUT2D eigenvalue weighted by Crippen LogP contribution is -2.18. The zero-order valence-corrected chi connectivity index (χ0v) is 8.79. The maximum absolute atomic E-state index is 11.4. The number of rotatable bonds is 3. The van der Waals surface area contributed by atoms with Crippen molar-refractivity contribution in [2.45, 2.75) is 13.8 Å². The molecule has 0 heterocycles. The lowest BCUT2D eigenvalue weighted by Gasteiger charge is -2.11. The first-order valence-electron chi connectivity index (χ1n) is 4.72. The largest absolute Gasteiger partial charge is 0.386 e. The van der Waals surface area contributed by atoms with Gasteiger partial charge in [-0.2, -0.15) is 0 Å². The molecule has 0 unspecified atom stereocenters. The van der Waals surface area contributed by atoms with Crippen molar-refractivity contribution >= 4 is 17.3 Å². The molecule has 0 aliphatic rings. The number of anilines is 2. The van der Waals surface area contributed by atoms with E-state index in [1.807, 2.05) is 45.2 Å². The molecule has 1 rings (SSSR count). The fraction of sp³-hybridized carbons (Fsp3) is 0.364. The van der Waals surface area contributed by atoms with Gasteiger partial charge in [0.25, 0.3) is 0 Å². The molecule has 0 aliphatic heterocycles. The molecule has 1 aromatic rings. The Kier molecular flexibility index (Phi) is 3.51. The van der Waals surface area contributed by atoms with E-state index in [1.165, 1.54) is 0 Å². The quantitative estimate of drug-likeness (QED) is 0.771. The van der Waals surface area contributed by atoms with E-state index in [-0.39, 0.29) is 11.8 Å². The number of carbonyl (C=O) groups excluding carboxylic acids is 1. The Labute approximate surface area is 84.5 Å². The summed E-state index contributed by atoms with van der Waals surface area (Å²) in [6.45, 7) is 3.74. The third kappa shape index (κ3) is 2.49. The van der Waals surface area contributed by atoms with E-state index in [2.05, 4.69) is 10.6 Å². The Morgan fingerprint density at radius 1 is 1.21 bits per heavy atom. The van der Waals surface area contributed by atoms with Gasteiger partial charge in [0.2, 0.25) is 5.91 Å². The number of carbonyl (C=O) groups is 1. The van der Waals surface area contributed by atoms with Crippen LogP contribution >= 0.6 is 0 Å². The summed E-state index contributed by atoms with van der Waals surface area (Å²) in [5.41, 5.74) is 1.76. The molecule has 2 N–H and O–H groups in total. The van der Waals surface area contributed by atoms with Gasteiger partial charge in [-0.25, -0.2) is 0 Å². The topological polar surface area (TPSA) is 41.1 Å². The van der Waals surface area contributed by atoms with Crippen LogP contribution in [-0.2, 0) is 4.79 Å². The minimum Gasteiger partial charge on any atom is -0.386 e. The van der Waals surface area contributed by atoms with E-state index in [0.717, 1.165) is 11.4 Å². The summed E-state index contributed by atoms with van der Waals surface area (Å²) in [6.07, 6.45) is 0. The summed E-state index contributed by atoms with van der Waals surface area (Å²) in [5.74, 6) is 0.0348. The van der Waals surface area contributed by atoms with Crippen molar-refractivity contribution in [1.82, 2.24) is 0 Å². The fourth-order valence-corrected chi connectivity index (χ4v) is 1.09. The highest BCUT2D eigenvalue weighted by Gasteiger charge is 2.08. The standard InChI is InChI=1S/C11H16N2O/c1-8(2)11(14)13-10-7-5-4-6-9(10)12-3/h4-8,12H,1-3H3,(H,13,14). The van der Waals surface area contributed by atoms with Crippen molar-refractivity contribution < 1.29 is 4.79 Å². The lowest BCUT2D eigenvalue weighted by molar-refractivity contribution is -0.118. The Balaban J connectivity index is 2.80. The van der Waals surface area contributed by atoms with Gasteiger partial charge in [-0.1, -0.05) is 26.0 Å².